The van der Waals surface area contributed by atoms with E-state index in [9.17, 15) is 0 Å². The highest BCUT2D eigenvalue weighted by molar-refractivity contribution is 7.98. The normalized spacial score (nSPS) is 10.9. The number of thioether (sulfide) groups is 1. The third-order valence-electron chi connectivity index (χ3n) is 4.87. The lowest BCUT2D eigenvalue weighted by atomic mass is 10.1. The second kappa shape index (κ2) is 9.07. The molecule has 0 radical (unpaired) electrons. The molecule has 0 spiro atoms. The first-order valence-electron chi connectivity index (χ1n) is 9.96. The number of aromatic nitrogens is 5. The number of nitrogens with zero attached hydrogens (tertiary/aromatic N) is 5. The van der Waals surface area contributed by atoms with Gasteiger partial charge in [0.25, 0.3) is 0 Å². The van der Waals surface area contributed by atoms with Crippen molar-refractivity contribution in [1.29, 1.82) is 0 Å². The molecule has 2 aromatic carbocycles. The van der Waals surface area contributed by atoms with E-state index < -0.39 is 0 Å². The molecular formula is C24H19N5O2S. The summed E-state index contributed by atoms with van der Waals surface area (Å²) in [5.74, 6) is 2.87. The fourth-order valence-corrected chi connectivity index (χ4v) is 4.10. The van der Waals surface area contributed by atoms with Gasteiger partial charge >= 0.3 is 0 Å². The fourth-order valence-electron chi connectivity index (χ4n) is 3.28. The molecule has 3 heterocycles. The molecule has 0 N–H and O–H groups in total. The summed E-state index contributed by atoms with van der Waals surface area (Å²) in [6, 6.07) is 23.6. The molecule has 0 saturated carbocycles. The topological polar surface area (TPSA) is 78.9 Å². The number of hydrogen-bond acceptors (Lipinski definition) is 7. The molecule has 0 atom stereocenters. The lowest BCUT2D eigenvalue weighted by molar-refractivity contribution is 0.397. The Morgan fingerprint density at radius 1 is 0.906 bits per heavy atom. The third kappa shape index (κ3) is 4.13. The van der Waals surface area contributed by atoms with Gasteiger partial charge in [-0.15, -0.1) is 10.2 Å². The highest BCUT2D eigenvalue weighted by Crippen LogP contribution is 2.31. The molecule has 0 unspecified atom stereocenters. The number of pyridine rings is 1. The van der Waals surface area contributed by atoms with Crippen LogP contribution in [0.5, 0.6) is 5.75 Å². The second-order valence-corrected chi connectivity index (χ2v) is 7.85. The van der Waals surface area contributed by atoms with Crippen molar-refractivity contribution >= 4 is 11.8 Å². The van der Waals surface area contributed by atoms with E-state index in [2.05, 4.69) is 20.3 Å². The smallest absolute Gasteiger partial charge is 0.196 e. The van der Waals surface area contributed by atoms with Crippen LogP contribution in [-0.2, 0) is 5.75 Å². The van der Waals surface area contributed by atoms with Gasteiger partial charge in [0.05, 0.1) is 12.9 Å². The molecular weight excluding hydrogens is 422 g/mol. The van der Waals surface area contributed by atoms with E-state index in [4.69, 9.17) is 9.26 Å². The van der Waals surface area contributed by atoms with Gasteiger partial charge < -0.3 is 9.26 Å². The van der Waals surface area contributed by atoms with Gasteiger partial charge in [-0.3, -0.25) is 9.55 Å². The molecule has 32 heavy (non-hydrogen) atoms. The van der Waals surface area contributed by atoms with Crippen molar-refractivity contribution in [3.8, 4) is 34.1 Å². The quantitative estimate of drug-likeness (QED) is 0.318. The lowest BCUT2D eigenvalue weighted by Gasteiger charge is -2.10. The molecule has 5 rings (SSSR count). The summed E-state index contributed by atoms with van der Waals surface area (Å²) < 4.78 is 12.9. The summed E-state index contributed by atoms with van der Waals surface area (Å²) >= 11 is 1.54. The van der Waals surface area contributed by atoms with Gasteiger partial charge in [-0.05, 0) is 36.4 Å². The van der Waals surface area contributed by atoms with Crippen LogP contribution in [0.3, 0.4) is 0 Å². The Morgan fingerprint density at radius 2 is 1.69 bits per heavy atom. The van der Waals surface area contributed by atoms with E-state index in [1.54, 1.807) is 19.5 Å². The van der Waals surface area contributed by atoms with Gasteiger partial charge in [-0.2, -0.15) is 0 Å². The van der Waals surface area contributed by atoms with Crippen LogP contribution in [0.4, 0.5) is 0 Å². The van der Waals surface area contributed by atoms with E-state index in [-0.39, 0.29) is 0 Å². The second-order valence-electron chi connectivity index (χ2n) is 6.91. The van der Waals surface area contributed by atoms with Crippen LogP contribution < -0.4 is 4.74 Å². The molecule has 0 aliphatic rings. The average molecular weight is 442 g/mol. The van der Waals surface area contributed by atoms with Gasteiger partial charge in [0.1, 0.15) is 17.2 Å². The molecule has 0 aliphatic carbocycles. The van der Waals surface area contributed by atoms with Crippen LogP contribution in [0.15, 0.2) is 94.9 Å². The predicted molar refractivity (Wildman–Crippen MR) is 123 cm³/mol. The van der Waals surface area contributed by atoms with Crippen LogP contribution >= 0.6 is 11.8 Å². The summed E-state index contributed by atoms with van der Waals surface area (Å²) in [4.78, 5) is 4.11. The van der Waals surface area contributed by atoms with E-state index in [1.807, 2.05) is 77.4 Å². The summed E-state index contributed by atoms with van der Waals surface area (Å²) in [5.41, 5.74) is 3.71. The van der Waals surface area contributed by atoms with Crippen molar-refractivity contribution < 1.29 is 9.26 Å². The largest absolute Gasteiger partial charge is 0.497 e. The number of ether oxygens (including phenoxy) is 1. The van der Waals surface area contributed by atoms with E-state index in [0.29, 0.717) is 5.75 Å². The van der Waals surface area contributed by atoms with Crippen LogP contribution in [0.1, 0.15) is 5.76 Å². The van der Waals surface area contributed by atoms with Crippen LogP contribution in [0, 0.1) is 0 Å². The van der Waals surface area contributed by atoms with Crippen molar-refractivity contribution in [1.82, 2.24) is 24.9 Å². The summed E-state index contributed by atoms with van der Waals surface area (Å²) in [6.07, 6.45) is 3.49. The first kappa shape index (κ1) is 20.0. The van der Waals surface area contributed by atoms with E-state index in [1.165, 1.54) is 11.8 Å². The minimum Gasteiger partial charge on any atom is -0.497 e. The third-order valence-corrected chi connectivity index (χ3v) is 5.83. The molecule has 3 aromatic heterocycles. The maximum Gasteiger partial charge on any atom is 0.196 e. The molecule has 8 heteroatoms. The molecule has 0 amide bonds. The van der Waals surface area contributed by atoms with Gasteiger partial charge in [-0.1, -0.05) is 47.3 Å². The van der Waals surface area contributed by atoms with E-state index in [0.717, 1.165) is 45.0 Å². The Balaban J connectivity index is 1.45. The summed E-state index contributed by atoms with van der Waals surface area (Å²) in [5, 5.41) is 13.9. The molecule has 7 nitrogen and oxygen atoms in total. The lowest BCUT2D eigenvalue weighted by Crippen LogP contribution is -2.00. The predicted octanol–water partition coefficient (Wildman–Crippen LogP) is 5.29. The number of rotatable bonds is 7. The molecule has 5 aromatic rings. The Bertz CT molecular complexity index is 1300. The monoisotopic (exact) mass is 441 g/mol. The number of hydrogen-bond donors (Lipinski definition) is 0. The minimum atomic E-state index is 0.574. The Morgan fingerprint density at radius 3 is 2.44 bits per heavy atom. The van der Waals surface area contributed by atoms with Crippen LogP contribution in [0.2, 0.25) is 0 Å². The van der Waals surface area contributed by atoms with Crippen molar-refractivity contribution in [3.05, 3.63) is 91.0 Å². The Labute approximate surface area is 189 Å². The number of benzene rings is 2. The van der Waals surface area contributed by atoms with Crippen molar-refractivity contribution in [2.24, 2.45) is 0 Å². The SMILES string of the molecule is COc1ccc(-n2c(SCc3cc(-c4ccccc4)no3)nnc2-c2ccncc2)cc1. The highest BCUT2D eigenvalue weighted by Gasteiger charge is 2.17. The zero-order chi connectivity index (χ0) is 21.8. The van der Waals surface area contributed by atoms with Crippen LogP contribution in [-0.4, -0.2) is 32.0 Å². The van der Waals surface area contributed by atoms with Gasteiger partial charge in [0, 0.05) is 35.3 Å². The zero-order valence-corrected chi connectivity index (χ0v) is 18.1. The molecule has 0 aliphatic heterocycles. The fraction of sp³-hybridized carbons (Fsp3) is 0.0833. The van der Waals surface area contributed by atoms with Crippen molar-refractivity contribution in [2.45, 2.75) is 10.9 Å². The first-order valence-corrected chi connectivity index (χ1v) is 10.9. The standard InChI is InChI=1S/C24H19N5O2S/c1-30-20-9-7-19(8-10-20)29-23(18-11-13-25-14-12-18)26-27-24(29)32-16-21-15-22(28-31-21)17-5-3-2-4-6-17/h2-15H,16H2,1H3. The highest BCUT2D eigenvalue weighted by atomic mass is 32.2. The zero-order valence-electron chi connectivity index (χ0n) is 17.3. The van der Waals surface area contributed by atoms with Gasteiger partial charge in [0.15, 0.2) is 11.0 Å². The maximum absolute atomic E-state index is 5.56. The summed E-state index contributed by atoms with van der Waals surface area (Å²) in [6.45, 7) is 0. The average Bonchev–Trinajstić information content (AvgIpc) is 3.51. The van der Waals surface area contributed by atoms with Gasteiger partial charge in [0.2, 0.25) is 0 Å². The minimum absolute atomic E-state index is 0.574. The Hall–Kier alpha value is -3.91. The summed E-state index contributed by atoms with van der Waals surface area (Å²) in [7, 11) is 1.65. The number of methoxy groups -OCH3 is 1. The van der Waals surface area contributed by atoms with Crippen molar-refractivity contribution in [3.63, 3.8) is 0 Å². The molecule has 0 fully saturated rings. The first-order chi connectivity index (χ1) is 15.8. The van der Waals surface area contributed by atoms with Crippen molar-refractivity contribution in [2.75, 3.05) is 7.11 Å². The van der Waals surface area contributed by atoms with Crippen LogP contribution in [0.25, 0.3) is 28.3 Å². The molecule has 0 bridgehead atoms. The molecule has 0 saturated heterocycles. The van der Waals surface area contributed by atoms with E-state index >= 15 is 0 Å². The Kier molecular flexibility index (Phi) is 5.67. The van der Waals surface area contributed by atoms with Gasteiger partial charge in [-0.25, -0.2) is 0 Å². The maximum atomic E-state index is 5.56. The molecule has 158 valence electrons.